The molecule has 0 bridgehead atoms. The van der Waals surface area contributed by atoms with Crippen LogP contribution >= 0.6 is 0 Å². The van der Waals surface area contributed by atoms with Gasteiger partial charge in [-0.2, -0.15) is 0 Å². The van der Waals surface area contributed by atoms with Gasteiger partial charge in [0, 0.05) is 12.2 Å². The van der Waals surface area contributed by atoms with Crippen LogP contribution in [0.25, 0.3) is 0 Å². The monoisotopic (exact) mass is 200 g/mol. The molecule has 0 fully saturated rings. The largest absolute Gasteiger partial charge is 0.466 e. The fourth-order valence-electron chi connectivity index (χ4n) is 1.86. The minimum Gasteiger partial charge on any atom is -0.466 e. The maximum absolute atomic E-state index is 5.36. The minimum absolute atomic E-state index is 0.0786. The lowest BCUT2D eigenvalue weighted by Crippen LogP contribution is -2.32. The van der Waals surface area contributed by atoms with E-state index in [1.807, 2.05) is 18.2 Å². The number of fused-ring (bicyclic) bond motifs is 1. The second-order valence-corrected chi connectivity index (χ2v) is 3.63. The van der Waals surface area contributed by atoms with Crippen molar-refractivity contribution in [1.82, 2.24) is 5.32 Å². The van der Waals surface area contributed by atoms with Crippen LogP contribution in [0.5, 0.6) is 0 Å². The average molecular weight is 200 g/mol. The molecule has 1 atom stereocenters. The predicted molar refractivity (Wildman–Crippen MR) is 58.4 cm³/mol. The molecule has 1 aliphatic rings. The maximum Gasteiger partial charge on any atom is 0.140 e. The Morgan fingerprint density at radius 2 is 2.07 bits per heavy atom. The summed E-state index contributed by atoms with van der Waals surface area (Å²) in [5.74, 6) is 0.921. The maximum atomic E-state index is 5.36. The molecule has 76 valence electrons. The molecule has 0 unspecified atom stereocenters. The molecule has 0 spiro atoms. The van der Waals surface area contributed by atoms with E-state index >= 15 is 0 Å². The number of furan rings is 1. The third-order valence-electron chi connectivity index (χ3n) is 2.64. The van der Waals surface area contributed by atoms with Crippen molar-refractivity contribution in [3.63, 3.8) is 0 Å². The second kappa shape index (κ2) is 3.44. The molecule has 0 radical (unpaired) electrons. The van der Waals surface area contributed by atoms with E-state index in [1.54, 1.807) is 6.26 Å². The Labute approximate surface area is 88.1 Å². The zero-order chi connectivity index (χ0) is 10.1. The lowest BCUT2D eigenvalue weighted by molar-refractivity contribution is 0.429. The van der Waals surface area contributed by atoms with Crippen LogP contribution < -0.4 is 10.6 Å². The topological polar surface area (TPSA) is 37.2 Å². The van der Waals surface area contributed by atoms with E-state index in [0.717, 1.165) is 12.3 Å². The van der Waals surface area contributed by atoms with Crippen LogP contribution in [0.1, 0.15) is 17.5 Å². The SMILES string of the molecule is c1coc([C@H]2NCc3ccccc3N2)c1. The average Bonchev–Trinajstić information content (AvgIpc) is 2.82. The summed E-state index contributed by atoms with van der Waals surface area (Å²) in [6.07, 6.45) is 1.77. The van der Waals surface area contributed by atoms with Gasteiger partial charge >= 0.3 is 0 Å². The van der Waals surface area contributed by atoms with Gasteiger partial charge in [-0.1, -0.05) is 18.2 Å². The van der Waals surface area contributed by atoms with E-state index in [1.165, 1.54) is 11.3 Å². The molecule has 2 aromatic rings. The van der Waals surface area contributed by atoms with E-state index in [0.29, 0.717) is 0 Å². The summed E-state index contributed by atoms with van der Waals surface area (Å²) in [4.78, 5) is 0. The van der Waals surface area contributed by atoms with Gasteiger partial charge in [-0.05, 0) is 23.8 Å². The van der Waals surface area contributed by atoms with Crippen LogP contribution in [0.15, 0.2) is 47.1 Å². The third kappa shape index (κ3) is 1.51. The van der Waals surface area contributed by atoms with Gasteiger partial charge in [0.05, 0.1) is 6.26 Å². The summed E-state index contributed by atoms with van der Waals surface area (Å²) < 4.78 is 5.36. The second-order valence-electron chi connectivity index (χ2n) is 3.63. The lowest BCUT2D eigenvalue weighted by Gasteiger charge is -2.26. The van der Waals surface area contributed by atoms with Crippen molar-refractivity contribution in [2.24, 2.45) is 0 Å². The fourth-order valence-corrected chi connectivity index (χ4v) is 1.86. The molecule has 0 saturated heterocycles. The molecule has 1 aromatic carbocycles. The van der Waals surface area contributed by atoms with Crippen molar-refractivity contribution >= 4 is 5.69 Å². The van der Waals surface area contributed by atoms with Crippen LogP contribution in [0.4, 0.5) is 5.69 Å². The highest BCUT2D eigenvalue weighted by Gasteiger charge is 2.19. The predicted octanol–water partition coefficient (Wildman–Crippen LogP) is 2.49. The highest BCUT2D eigenvalue weighted by atomic mass is 16.3. The number of para-hydroxylation sites is 1. The Balaban J connectivity index is 1.89. The molecule has 0 saturated carbocycles. The Morgan fingerprint density at radius 1 is 1.13 bits per heavy atom. The minimum atomic E-state index is 0.0786. The molecule has 3 heteroatoms. The summed E-state index contributed by atoms with van der Waals surface area (Å²) in [5, 5.41) is 6.77. The van der Waals surface area contributed by atoms with Gasteiger partial charge in [-0.25, -0.2) is 0 Å². The number of anilines is 1. The molecule has 15 heavy (non-hydrogen) atoms. The van der Waals surface area contributed by atoms with Gasteiger partial charge in [0.25, 0.3) is 0 Å². The van der Waals surface area contributed by atoms with E-state index in [2.05, 4.69) is 28.8 Å². The number of hydrogen-bond acceptors (Lipinski definition) is 3. The highest BCUT2D eigenvalue weighted by molar-refractivity contribution is 5.53. The molecule has 1 aliphatic heterocycles. The smallest absolute Gasteiger partial charge is 0.140 e. The van der Waals surface area contributed by atoms with Crippen molar-refractivity contribution in [3.05, 3.63) is 54.0 Å². The van der Waals surface area contributed by atoms with Crippen molar-refractivity contribution in [1.29, 1.82) is 0 Å². The van der Waals surface area contributed by atoms with E-state index in [4.69, 9.17) is 4.42 Å². The van der Waals surface area contributed by atoms with Crippen LogP contribution in [0, 0.1) is 0 Å². The summed E-state index contributed by atoms with van der Waals surface area (Å²) in [6.45, 7) is 0.870. The molecular weight excluding hydrogens is 188 g/mol. The standard InChI is InChI=1S/C12H12N2O/c1-2-5-10-9(4-1)8-13-12(14-10)11-6-3-7-15-11/h1-7,12-14H,8H2/t12-/m0/s1. The molecule has 0 aliphatic carbocycles. The fraction of sp³-hybridized carbons (Fsp3) is 0.167. The molecule has 3 nitrogen and oxygen atoms in total. The number of hydrogen-bond donors (Lipinski definition) is 2. The van der Waals surface area contributed by atoms with Crippen molar-refractivity contribution in [2.75, 3.05) is 5.32 Å². The quantitative estimate of drug-likeness (QED) is 0.742. The van der Waals surface area contributed by atoms with Crippen LogP contribution in [-0.2, 0) is 6.54 Å². The lowest BCUT2D eigenvalue weighted by atomic mass is 10.1. The number of rotatable bonds is 1. The van der Waals surface area contributed by atoms with E-state index in [-0.39, 0.29) is 6.17 Å². The Hall–Kier alpha value is -1.74. The van der Waals surface area contributed by atoms with Gasteiger partial charge in [-0.15, -0.1) is 0 Å². The van der Waals surface area contributed by atoms with E-state index in [9.17, 15) is 0 Å². The summed E-state index contributed by atoms with van der Waals surface area (Å²) >= 11 is 0. The summed E-state index contributed by atoms with van der Waals surface area (Å²) in [6, 6.07) is 12.2. The highest BCUT2D eigenvalue weighted by Crippen LogP contribution is 2.25. The Kier molecular flexibility index (Phi) is 1.96. The summed E-state index contributed by atoms with van der Waals surface area (Å²) in [7, 11) is 0. The van der Waals surface area contributed by atoms with Gasteiger partial charge in [0.1, 0.15) is 11.9 Å². The van der Waals surface area contributed by atoms with E-state index < -0.39 is 0 Å². The van der Waals surface area contributed by atoms with Gasteiger partial charge in [0.2, 0.25) is 0 Å². The first-order valence-corrected chi connectivity index (χ1v) is 5.05. The van der Waals surface area contributed by atoms with Crippen LogP contribution in [-0.4, -0.2) is 0 Å². The van der Waals surface area contributed by atoms with Crippen LogP contribution in [0.3, 0.4) is 0 Å². The van der Waals surface area contributed by atoms with Gasteiger partial charge in [0.15, 0.2) is 0 Å². The molecule has 0 amide bonds. The first-order valence-electron chi connectivity index (χ1n) is 5.05. The van der Waals surface area contributed by atoms with Gasteiger partial charge in [-0.3, -0.25) is 5.32 Å². The first kappa shape index (κ1) is 8.56. The Morgan fingerprint density at radius 3 is 2.93 bits per heavy atom. The van der Waals surface area contributed by atoms with Crippen molar-refractivity contribution < 1.29 is 4.42 Å². The zero-order valence-corrected chi connectivity index (χ0v) is 8.23. The molecule has 2 N–H and O–H groups in total. The van der Waals surface area contributed by atoms with Crippen LogP contribution in [0.2, 0.25) is 0 Å². The zero-order valence-electron chi connectivity index (χ0n) is 8.23. The van der Waals surface area contributed by atoms with Crippen molar-refractivity contribution in [3.8, 4) is 0 Å². The molecular formula is C12H12N2O. The normalized spacial score (nSPS) is 19.3. The summed E-state index contributed by atoms with van der Waals surface area (Å²) in [5.41, 5.74) is 2.47. The molecule has 3 rings (SSSR count). The molecule has 1 aromatic heterocycles. The first-order chi connectivity index (χ1) is 7.43. The molecule has 2 heterocycles. The van der Waals surface area contributed by atoms with Gasteiger partial charge < -0.3 is 9.73 Å². The Bertz CT molecular complexity index is 450. The number of benzene rings is 1. The van der Waals surface area contributed by atoms with Crippen molar-refractivity contribution in [2.45, 2.75) is 12.7 Å². The number of nitrogens with one attached hydrogen (secondary N) is 2. The third-order valence-corrected chi connectivity index (χ3v) is 2.64.